The van der Waals surface area contributed by atoms with Gasteiger partial charge in [-0.25, -0.2) is 8.42 Å². The summed E-state index contributed by atoms with van der Waals surface area (Å²) in [7, 11) is -3.35. The molecule has 1 fully saturated rings. The summed E-state index contributed by atoms with van der Waals surface area (Å²) in [5.74, 6) is 0.483. The van der Waals surface area contributed by atoms with Gasteiger partial charge in [0.15, 0.2) is 0 Å². The first-order chi connectivity index (χ1) is 8.57. The van der Waals surface area contributed by atoms with Crippen molar-refractivity contribution in [2.45, 2.75) is 31.3 Å². The molecule has 1 aromatic rings. The van der Waals surface area contributed by atoms with Gasteiger partial charge in [0.2, 0.25) is 10.0 Å². The van der Waals surface area contributed by atoms with Crippen molar-refractivity contribution in [3.63, 3.8) is 0 Å². The minimum absolute atomic E-state index is 0.0675. The number of rotatable bonds is 4. The van der Waals surface area contributed by atoms with Crippen LogP contribution in [0.4, 0.5) is 0 Å². The quantitative estimate of drug-likeness (QED) is 0.903. The van der Waals surface area contributed by atoms with Crippen molar-refractivity contribution in [1.82, 2.24) is 4.31 Å². The molecule has 0 bridgehead atoms. The maximum Gasteiger partial charge on any atom is 0.243 e. The molecule has 1 saturated heterocycles. The third-order valence-corrected chi connectivity index (χ3v) is 5.45. The van der Waals surface area contributed by atoms with Gasteiger partial charge in [-0.05, 0) is 30.0 Å². The van der Waals surface area contributed by atoms with Gasteiger partial charge >= 0.3 is 0 Å². The van der Waals surface area contributed by atoms with E-state index < -0.39 is 10.0 Å². The summed E-state index contributed by atoms with van der Waals surface area (Å²) in [5, 5.41) is 8.95. The largest absolute Gasteiger partial charge is 0.392 e. The summed E-state index contributed by atoms with van der Waals surface area (Å²) >= 11 is 0. The molecule has 1 heterocycles. The van der Waals surface area contributed by atoms with Crippen molar-refractivity contribution in [3.8, 4) is 0 Å². The lowest BCUT2D eigenvalue weighted by Crippen LogP contribution is -2.28. The molecule has 1 aliphatic heterocycles. The van der Waals surface area contributed by atoms with Crippen molar-refractivity contribution < 1.29 is 13.5 Å². The van der Waals surface area contributed by atoms with Crippen LogP contribution in [-0.4, -0.2) is 30.9 Å². The lowest BCUT2D eigenvalue weighted by Gasteiger charge is -2.16. The van der Waals surface area contributed by atoms with Gasteiger partial charge in [-0.2, -0.15) is 4.31 Å². The van der Waals surface area contributed by atoms with E-state index in [4.69, 9.17) is 5.11 Å². The predicted octanol–water partition coefficient (Wildman–Crippen LogP) is 1.60. The monoisotopic (exact) mass is 269 g/mol. The molecular weight excluding hydrogens is 250 g/mol. The molecule has 0 aliphatic carbocycles. The minimum atomic E-state index is -3.35. The van der Waals surface area contributed by atoms with Gasteiger partial charge in [-0.3, -0.25) is 0 Å². The third-order valence-electron chi connectivity index (χ3n) is 3.57. The molecular formula is C13H19NO3S. The van der Waals surface area contributed by atoms with Crippen molar-refractivity contribution in [3.05, 3.63) is 29.8 Å². The summed E-state index contributed by atoms with van der Waals surface area (Å²) in [6, 6.07) is 6.45. The van der Waals surface area contributed by atoms with E-state index in [2.05, 4.69) is 6.92 Å². The Balaban J connectivity index is 2.20. The van der Waals surface area contributed by atoms with Gasteiger partial charge in [0.25, 0.3) is 0 Å². The van der Waals surface area contributed by atoms with Gasteiger partial charge < -0.3 is 5.11 Å². The van der Waals surface area contributed by atoms with Crippen molar-refractivity contribution in [2.24, 2.45) is 5.92 Å². The zero-order valence-electron chi connectivity index (χ0n) is 10.5. The third kappa shape index (κ3) is 2.58. The molecule has 1 aromatic carbocycles. The fourth-order valence-electron chi connectivity index (χ4n) is 2.26. The van der Waals surface area contributed by atoms with E-state index >= 15 is 0 Å². The Morgan fingerprint density at radius 2 is 2.00 bits per heavy atom. The average Bonchev–Trinajstić information content (AvgIpc) is 2.88. The Kier molecular flexibility index (Phi) is 4.04. The highest BCUT2D eigenvalue weighted by Crippen LogP contribution is 2.25. The maximum absolute atomic E-state index is 12.4. The lowest BCUT2D eigenvalue weighted by atomic mass is 10.1. The topological polar surface area (TPSA) is 57.6 Å². The van der Waals surface area contributed by atoms with Crippen molar-refractivity contribution in [2.75, 3.05) is 13.1 Å². The van der Waals surface area contributed by atoms with Crippen LogP contribution < -0.4 is 0 Å². The van der Waals surface area contributed by atoms with Crippen LogP contribution in [0.15, 0.2) is 29.2 Å². The Morgan fingerprint density at radius 1 is 1.33 bits per heavy atom. The van der Waals surface area contributed by atoms with Crippen molar-refractivity contribution >= 4 is 10.0 Å². The van der Waals surface area contributed by atoms with E-state index in [0.717, 1.165) is 18.4 Å². The SMILES string of the molecule is CCC1CCN(S(=O)(=O)c2ccc(CO)cc2)C1. The van der Waals surface area contributed by atoms with Crippen LogP contribution in [0, 0.1) is 5.92 Å². The van der Waals surface area contributed by atoms with Crippen LogP contribution >= 0.6 is 0 Å². The maximum atomic E-state index is 12.4. The second-order valence-electron chi connectivity index (χ2n) is 4.73. The minimum Gasteiger partial charge on any atom is -0.392 e. The first kappa shape index (κ1) is 13.5. The first-order valence-electron chi connectivity index (χ1n) is 6.28. The smallest absolute Gasteiger partial charge is 0.243 e. The number of hydrogen-bond donors (Lipinski definition) is 1. The normalized spacial score (nSPS) is 21.3. The van der Waals surface area contributed by atoms with Gasteiger partial charge in [-0.1, -0.05) is 25.5 Å². The van der Waals surface area contributed by atoms with Crippen LogP contribution in [0.2, 0.25) is 0 Å². The van der Waals surface area contributed by atoms with Crippen LogP contribution in [0.3, 0.4) is 0 Å². The van der Waals surface area contributed by atoms with Gasteiger partial charge in [0, 0.05) is 13.1 Å². The second-order valence-corrected chi connectivity index (χ2v) is 6.67. The van der Waals surface area contributed by atoms with E-state index in [1.807, 2.05) is 0 Å². The zero-order valence-corrected chi connectivity index (χ0v) is 11.4. The van der Waals surface area contributed by atoms with Crippen molar-refractivity contribution in [1.29, 1.82) is 0 Å². The molecule has 1 aliphatic rings. The number of aliphatic hydroxyl groups is 1. The predicted molar refractivity (Wildman–Crippen MR) is 69.5 cm³/mol. The molecule has 0 spiro atoms. The number of benzene rings is 1. The van der Waals surface area contributed by atoms with Gasteiger partial charge in [-0.15, -0.1) is 0 Å². The second kappa shape index (κ2) is 5.38. The van der Waals surface area contributed by atoms with Crippen LogP contribution in [-0.2, 0) is 16.6 Å². The Hall–Kier alpha value is -0.910. The molecule has 100 valence electrons. The average molecular weight is 269 g/mol. The molecule has 4 nitrogen and oxygen atoms in total. The number of sulfonamides is 1. The molecule has 18 heavy (non-hydrogen) atoms. The summed E-state index contributed by atoms with van der Waals surface area (Å²) in [4.78, 5) is 0.316. The Labute approximate surface area is 108 Å². The fourth-order valence-corrected chi connectivity index (χ4v) is 3.80. The zero-order chi connectivity index (χ0) is 13.2. The summed E-state index contributed by atoms with van der Waals surface area (Å²) in [5.41, 5.74) is 0.724. The van der Waals surface area contributed by atoms with Crippen LogP contribution in [0.25, 0.3) is 0 Å². The molecule has 0 radical (unpaired) electrons. The van der Waals surface area contributed by atoms with Gasteiger partial charge in [0.05, 0.1) is 11.5 Å². The molecule has 2 rings (SSSR count). The standard InChI is InChI=1S/C13H19NO3S/c1-2-11-7-8-14(9-11)18(16,17)13-5-3-12(10-15)4-6-13/h3-6,11,15H,2,7-10H2,1H3. The molecule has 0 aromatic heterocycles. The highest BCUT2D eigenvalue weighted by Gasteiger charge is 2.31. The fraction of sp³-hybridized carbons (Fsp3) is 0.538. The molecule has 5 heteroatoms. The first-order valence-corrected chi connectivity index (χ1v) is 7.72. The van der Waals surface area contributed by atoms with E-state index in [-0.39, 0.29) is 6.61 Å². The lowest BCUT2D eigenvalue weighted by molar-refractivity contribution is 0.281. The molecule has 0 amide bonds. The van der Waals surface area contributed by atoms with E-state index in [9.17, 15) is 8.42 Å². The number of aliphatic hydroxyl groups excluding tert-OH is 1. The molecule has 1 unspecified atom stereocenters. The van der Waals surface area contributed by atoms with Crippen LogP contribution in [0.1, 0.15) is 25.3 Å². The van der Waals surface area contributed by atoms with E-state index in [0.29, 0.717) is 23.9 Å². The summed E-state index contributed by atoms with van der Waals surface area (Å²) in [6.45, 7) is 3.27. The summed E-state index contributed by atoms with van der Waals surface area (Å²) in [6.07, 6.45) is 1.97. The Bertz CT molecular complexity index is 495. The van der Waals surface area contributed by atoms with Crippen LogP contribution in [0.5, 0.6) is 0 Å². The van der Waals surface area contributed by atoms with Gasteiger partial charge in [0.1, 0.15) is 0 Å². The highest BCUT2D eigenvalue weighted by molar-refractivity contribution is 7.89. The van der Waals surface area contributed by atoms with E-state index in [1.54, 1.807) is 28.6 Å². The highest BCUT2D eigenvalue weighted by atomic mass is 32.2. The molecule has 1 atom stereocenters. The number of nitrogens with zero attached hydrogens (tertiary/aromatic N) is 1. The van der Waals surface area contributed by atoms with E-state index in [1.165, 1.54) is 0 Å². The Morgan fingerprint density at radius 3 is 2.50 bits per heavy atom. The molecule has 0 saturated carbocycles. The summed E-state index contributed by atoms with van der Waals surface area (Å²) < 4.78 is 26.3. The number of hydrogen-bond acceptors (Lipinski definition) is 3. The molecule has 1 N–H and O–H groups in total.